The summed E-state index contributed by atoms with van der Waals surface area (Å²) in [5.74, 6) is -0.207. The molecule has 1 fully saturated rings. The second kappa shape index (κ2) is 8.78. The lowest BCUT2D eigenvalue weighted by Crippen LogP contribution is -2.44. The number of carbonyl (C=O) groups is 1. The number of nitrogens with one attached hydrogen (secondary N) is 3. The van der Waals surface area contributed by atoms with Crippen molar-refractivity contribution < 1.29 is 18.0 Å². The Labute approximate surface area is 183 Å². The predicted octanol–water partition coefficient (Wildman–Crippen LogP) is 3.80. The zero-order chi connectivity index (χ0) is 22.9. The van der Waals surface area contributed by atoms with Crippen molar-refractivity contribution in [2.75, 3.05) is 18.9 Å². The van der Waals surface area contributed by atoms with Gasteiger partial charge in [0.1, 0.15) is 5.65 Å². The third-order valence-corrected chi connectivity index (χ3v) is 5.94. The number of hydrogen-bond donors (Lipinski definition) is 3. The number of aromatic amines is 1. The normalized spacial score (nSPS) is 19.8. The van der Waals surface area contributed by atoms with E-state index in [0.29, 0.717) is 23.4 Å². The molecule has 4 heterocycles. The number of likely N-dealkylation sites (tertiary alicyclic amines) is 1. The number of anilines is 1. The van der Waals surface area contributed by atoms with Gasteiger partial charge >= 0.3 is 6.18 Å². The molecule has 0 aliphatic carbocycles. The first-order chi connectivity index (χ1) is 15.3. The van der Waals surface area contributed by atoms with Crippen molar-refractivity contribution in [1.82, 2.24) is 25.2 Å². The van der Waals surface area contributed by atoms with Crippen molar-refractivity contribution in [3.8, 4) is 0 Å². The molecule has 1 saturated heterocycles. The topological polar surface area (TPSA) is 85.9 Å². The van der Waals surface area contributed by atoms with Crippen LogP contribution in [-0.4, -0.2) is 51.4 Å². The summed E-state index contributed by atoms with van der Waals surface area (Å²) in [6, 6.07) is 4.75. The minimum absolute atomic E-state index is 0.144. The van der Waals surface area contributed by atoms with Crippen LogP contribution in [0.5, 0.6) is 0 Å². The maximum Gasteiger partial charge on any atom is 0.417 e. The summed E-state index contributed by atoms with van der Waals surface area (Å²) in [6.07, 6.45) is 1.51. The van der Waals surface area contributed by atoms with Gasteiger partial charge in [0.15, 0.2) is 0 Å². The summed E-state index contributed by atoms with van der Waals surface area (Å²) in [4.78, 5) is 26.0. The first kappa shape index (κ1) is 22.1. The highest BCUT2D eigenvalue weighted by atomic mass is 19.4. The van der Waals surface area contributed by atoms with Crippen molar-refractivity contribution in [1.29, 1.82) is 0 Å². The minimum Gasteiger partial charge on any atom is -0.381 e. The van der Waals surface area contributed by atoms with Gasteiger partial charge in [0, 0.05) is 56.2 Å². The van der Waals surface area contributed by atoms with Gasteiger partial charge in [0.05, 0.1) is 22.5 Å². The Hall–Kier alpha value is -3.14. The van der Waals surface area contributed by atoms with E-state index in [0.717, 1.165) is 42.7 Å². The van der Waals surface area contributed by atoms with Gasteiger partial charge in [-0.2, -0.15) is 13.2 Å². The SMILES string of the molecule is CNC(=O)c1cnc2[nH]ccc2c1N[C@@H]1CCN(Cc2ccc(C(F)(F)F)cn2)[C@H](C)C1. The van der Waals surface area contributed by atoms with Gasteiger partial charge < -0.3 is 15.6 Å². The van der Waals surface area contributed by atoms with E-state index in [-0.39, 0.29) is 18.0 Å². The Balaban J connectivity index is 1.44. The van der Waals surface area contributed by atoms with Crippen molar-refractivity contribution >= 4 is 22.6 Å². The fourth-order valence-electron chi connectivity index (χ4n) is 4.15. The summed E-state index contributed by atoms with van der Waals surface area (Å²) in [5, 5.41) is 7.06. The number of carbonyl (C=O) groups excluding carboxylic acids is 1. The van der Waals surface area contributed by atoms with E-state index in [9.17, 15) is 18.0 Å². The van der Waals surface area contributed by atoms with Crippen LogP contribution in [0.3, 0.4) is 0 Å². The largest absolute Gasteiger partial charge is 0.417 e. The van der Waals surface area contributed by atoms with E-state index < -0.39 is 11.7 Å². The smallest absolute Gasteiger partial charge is 0.381 e. The highest BCUT2D eigenvalue weighted by Gasteiger charge is 2.31. The number of alkyl halides is 3. The van der Waals surface area contributed by atoms with Crippen molar-refractivity contribution in [2.24, 2.45) is 0 Å². The van der Waals surface area contributed by atoms with E-state index in [4.69, 9.17) is 0 Å². The summed E-state index contributed by atoms with van der Waals surface area (Å²) < 4.78 is 38.3. The minimum atomic E-state index is -4.38. The van der Waals surface area contributed by atoms with Crippen LogP contribution in [0.2, 0.25) is 0 Å². The van der Waals surface area contributed by atoms with E-state index in [1.807, 2.05) is 6.07 Å². The molecule has 170 valence electrons. The summed E-state index contributed by atoms with van der Waals surface area (Å²) in [5.41, 5.74) is 1.83. The summed E-state index contributed by atoms with van der Waals surface area (Å²) >= 11 is 0. The number of fused-ring (bicyclic) bond motifs is 1. The molecule has 7 nitrogen and oxygen atoms in total. The van der Waals surface area contributed by atoms with E-state index in [1.54, 1.807) is 19.4 Å². The molecule has 3 aromatic heterocycles. The Bertz CT molecular complexity index is 1100. The van der Waals surface area contributed by atoms with Crippen LogP contribution in [0, 0.1) is 0 Å². The number of hydrogen-bond acceptors (Lipinski definition) is 5. The van der Waals surface area contributed by atoms with E-state index in [2.05, 4.69) is 37.4 Å². The zero-order valence-electron chi connectivity index (χ0n) is 17.8. The molecule has 2 atom stereocenters. The molecule has 4 rings (SSSR count). The molecule has 0 aromatic carbocycles. The van der Waals surface area contributed by atoms with Crippen molar-refractivity contribution in [2.45, 2.75) is 44.6 Å². The first-order valence-electron chi connectivity index (χ1n) is 10.5. The quantitative estimate of drug-likeness (QED) is 0.555. The fraction of sp³-hybridized carbons (Fsp3) is 0.409. The molecule has 1 aliphatic heterocycles. The number of aromatic nitrogens is 3. The maximum absolute atomic E-state index is 12.8. The standard InChI is InChI=1S/C22H25F3N6O/c1-13-9-15(6-8-31(13)12-16-4-3-14(10-28-16)22(23,24)25)30-19-17-5-7-27-20(17)29-11-18(19)21(32)26-2/h3-5,7,10-11,13,15H,6,8-9,12H2,1-2H3,(H,26,32)(H2,27,29,30)/t13-,15-/m1/s1. The highest BCUT2D eigenvalue weighted by Crippen LogP contribution is 2.30. The molecule has 3 aromatic rings. The average molecular weight is 446 g/mol. The van der Waals surface area contributed by atoms with Gasteiger partial charge in [-0.25, -0.2) is 4.98 Å². The Kier molecular flexibility index (Phi) is 6.05. The maximum atomic E-state index is 12.8. The van der Waals surface area contributed by atoms with Crippen molar-refractivity contribution in [3.05, 3.63) is 53.6 Å². The van der Waals surface area contributed by atoms with Crippen LogP contribution in [-0.2, 0) is 12.7 Å². The number of piperidine rings is 1. The number of H-pyrrole nitrogens is 1. The average Bonchev–Trinajstić information content (AvgIpc) is 3.24. The number of halogens is 3. The molecule has 0 bridgehead atoms. The molecule has 0 spiro atoms. The van der Waals surface area contributed by atoms with Gasteiger partial charge in [-0.3, -0.25) is 14.7 Å². The third kappa shape index (κ3) is 4.55. The van der Waals surface area contributed by atoms with Crippen LogP contribution < -0.4 is 10.6 Å². The van der Waals surface area contributed by atoms with Crippen LogP contribution in [0.1, 0.15) is 41.4 Å². The van der Waals surface area contributed by atoms with Gasteiger partial charge in [-0.05, 0) is 38.0 Å². The summed E-state index contributed by atoms with van der Waals surface area (Å²) in [6.45, 7) is 3.35. The molecule has 10 heteroatoms. The monoisotopic (exact) mass is 446 g/mol. The third-order valence-electron chi connectivity index (χ3n) is 5.94. The zero-order valence-corrected chi connectivity index (χ0v) is 17.8. The lowest BCUT2D eigenvalue weighted by molar-refractivity contribution is -0.137. The molecule has 1 amide bonds. The number of nitrogens with zero attached hydrogens (tertiary/aromatic N) is 3. The van der Waals surface area contributed by atoms with Crippen LogP contribution in [0.15, 0.2) is 36.8 Å². The van der Waals surface area contributed by atoms with Crippen LogP contribution in [0.25, 0.3) is 11.0 Å². The predicted molar refractivity (Wildman–Crippen MR) is 115 cm³/mol. The lowest BCUT2D eigenvalue weighted by atomic mass is 9.97. The molecule has 0 radical (unpaired) electrons. The van der Waals surface area contributed by atoms with E-state index >= 15 is 0 Å². The Morgan fingerprint density at radius 2 is 2.06 bits per heavy atom. The summed E-state index contributed by atoms with van der Waals surface area (Å²) in [7, 11) is 1.59. The molecular weight excluding hydrogens is 421 g/mol. The number of rotatable bonds is 5. The van der Waals surface area contributed by atoms with Crippen LogP contribution >= 0.6 is 0 Å². The second-order valence-corrected chi connectivity index (χ2v) is 8.09. The van der Waals surface area contributed by atoms with Gasteiger partial charge in [-0.1, -0.05) is 0 Å². The van der Waals surface area contributed by atoms with Gasteiger partial charge in [0.2, 0.25) is 0 Å². The molecule has 3 N–H and O–H groups in total. The second-order valence-electron chi connectivity index (χ2n) is 8.09. The van der Waals surface area contributed by atoms with Crippen LogP contribution in [0.4, 0.5) is 18.9 Å². The lowest BCUT2D eigenvalue weighted by Gasteiger charge is -2.38. The van der Waals surface area contributed by atoms with Crippen molar-refractivity contribution in [3.63, 3.8) is 0 Å². The number of amides is 1. The fourth-order valence-corrected chi connectivity index (χ4v) is 4.15. The number of pyridine rings is 2. The Morgan fingerprint density at radius 1 is 1.25 bits per heavy atom. The van der Waals surface area contributed by atoms with Gasteiger partial charge in [0.25, 0.3) is 5.91 Å². The highest BCUT2D eigenvalue weighted by molar-refractivity contribution is 6.06. The molecule has 32 heavy (non-hydrogen) atoms. The van der Waals surface area contributed by atoms with Gasteiger partial charge in [-0.15, -0.1) is 0 Å². The molecular formula is C22H25F3N6O. The molecule has 0 saturated carbocycles. The first-order valence-corrected chi connectivity index (χ1v) is 10.5. The van der Waals surface area contributed by atoms with E-state index in [1.165, 1.54) is 6.07 Å². The molecule has 0 unspecified atom stereocenters. The Morgan fingerprint density at radius 3 is 2.72 bits per heavy atom. The molecule has 1 aliphatic rings.